The van der Waals surface area contributed by atoms with Crippen molar-refractivity contribution in [2.45, 2.75) is 38.8 Å². The molecule has 1 N–H and O–H groups in total. The molecule has 0 saturated heterocycles. The number of hydrogen-bond donors (Lipinski definition) is 1. The van der Waals surface area contributed by atoms with E-state index in [4.69, 9.17) is 4.74 Å². The Kier molecular flexibility index (Phi) is 4.99. The molecule has 1 unspecified atom stereocenters. The minimum absolute atomic E-state index is 0.497. The predicted molar refractivity (Wildman–Crippen MR) is 92.1 cm³/mol. The van der Waals surface area contributed by atoms with Crippen LogP contribution < -0.4 is 10.1 Å². The Bertz CT molecular complexity index is 611. The van der Waals surface area contributed by atoms with E-state index in [2.05, 4.69) is 57.8 Å². The zero-order chi connectivity index (χ0) is 14.7. The molecule has 0 bridgehead atoms. The Labute approximate surface area is 138 Å². The Morgan fingerprint density at radius 2 is 2.29 bits per heavy atom. The average Bonchev–Trinajstić information content (AvgIpc) is 3.09. The molecule has 1 atom stereocenters. The standard InChI is InChI=1S/C17H20BrNOS/c1-2-9-19-15-7-6-13-12(15)4-3-5-16(13)20-11-17-14(18)8-10-21-17/h3-5,8,10,15,19H,2,6-7,9,11H2,1H3. The minimum atomic E-state index is 0.497. The Balaban J connectivity index is 1.73. The van der Waals surface area contributed by atoms with Crippen LogP contribution in [0.15, 0.2) is 34.1 Å². The average molecular weight is 366 g/mol. The van der Waals surface area contributed by atoms with E-state index < -0.39 is 0 Å². The van der Waals surface area contributed by atoms with Crippen molar-refractivity contribution in [2.75, 3.05) is 6.54 Å². The fraction of sp³-hybridized carbons (Fsp3) is 0.412. The molecule has 0 amide bonds. The number of thiophene rings is 1. The summed E-state index contributed by atoms with van der Waals surface area (Å²) < 4.78 is 7.22. The first-order chi connectivity index (χ1) is 10.3. The van der Waals surface area contributed by atoms with E-state index in [0.29, 0.717) is 12.6 Å². The number of nitrogens with one attached hydrogen (secondary N) is 1. The van der Waals surface area contributed by atoms with Gasteiger partial charge in [-0.1, -0.05) is 19.1 Å². The van der Waals surface area contributed by atoms with Crippen molar-refractivity contribution >= 4 is 27.3 Å². The molecule has 4 heteroatoms. The summed E-state index contributed by atoms with van der Waals surface area (Å²) in [7, 11) is 0. The Hall–Kier alpha value is -0.840. The van der Waals surface area contributed by atoms with E-state index in [9.17, 15) is 0 Å². The van der Waals surface area contributed by atoms with Crippen LogP contribution in [-0.2, 0) is 13.0 Å². The van der Waals surface area contributed by atoms with E-state index in [1.165, 1.54) is 28.8 Å². The lowest BCUT2D eigenvalue weighted by Crippen LogP contribution is -2.19. The van der Waals surface area contributed by atoms with Crippen molar-refractivity contribution in [1.82, 2.24) is 5.32 Å². The molecule has 112 valence electrons. The first-order valence-electron chi connectivity index (χ1n) is 7.49. The van der Waals surface area contributed by atoms with Gasteiger partial charge in [-0.15, -0.1) is 11.3 Å². The Morgan fingerprint density at radius 3 is 3.05 bits per heavy atom. The van der Waals surface area contributed by atoms with Gasteiger partial charge in [0.2, 0.25) is 0 Å². The molecule has 2 nitrogen and oxygen atoms in total. The molecule has 1 aliphatic carbocycles. The molecule has 0 spiro atoms. The topological polar surface area (TPSA) is 21.3 Å². The molecular formula is C17H20BrNOS. The maximum Gasteiger partial charge on any atom is 0.124 e. The number of fused-ring (bicyclic) bond motifs is 1. The summed E-state index contributed by atoms with van der Waals surface area (Å²) in [5, 5.41) is 5.72. The fourth-order valence-electron chi connectivity index (χ4n) is 2.86. The van der Waals surface area contributed by atoms with Crippen molar-refractivity contribution in [3.05, 3.63) is 50.1 Å². The SMILES string of the molecule is CCCNC1CCc2c(OCc3sccc3Br)cccc21. The zero-order valence-electron chi connectivity index (χ0n) is 12.2. The maximum absolute atomic E-state index is 6.08. The fourth-order valence-corrected chi connectivity index (χ4v) is 4.24. The highest BCUT2D eigenvalue weighted by atomic mass is 79.9. The molecule has 0 radical (unpaired) electrons. The highest BCUT2D eigenvalue weighted by Crippen LogP contribution is 2.37. The van der Waals surface area contributed by atoms with Crippen molar-refractivity contribution in [1.29, 1.82) is 0 Å². The summed E-state index contributed by atoms with van der Waals surface area (Å²) in [6.07, 6.45) is 3.46. The lowest BCUT2D eigenvalue weighted by molar-refractivity contribution is 0.306. The second-order valence-electron chi connectivity index (χ2n) is 5.35. The summed E-state index contributed by atoms with van der Waals surface area (Å²) >= 11 is 5.29. The van der Waals surface area contributed by atoms with Gasteiger partial charge in [0.05, 0.1) is 4.88 Å². The third-order valence-corrected chi connectivity index (χ3v) is 5.82. The van der Waals surface area contributed by atoms with Gasteiger partial charge in [-0.3, -0.25) is 0 Å². The van der Waals surface area contributed by atoms with Crippen LogP contribution in [0.25, 0.3) is 0 Å². The van der Waals surface area contributed by atoms with Gasteiger partial charge in [0.1, 0.15) is 12.4 Å². The van der Waals surface area contributed by atoms with Crippen LogP contribution in [-0.4, -0.2) is 6.54 Å². The van der Waals surface area contributed by atoms with E-state index in [1.54, 1.807) is 11.3 Å². The summed E-state index contributed by atoms with van der Waals surface area (Å²) in [4.78, 5) is 1.24. The first kappa shape index (κ1) is 15.1. The van der Waals surface area contributed by atoms with Crippen LogP contribution in [0.3, 0.4) is 0 Å². The van der Waals surface area contributed by atoms with Crippen LogP contribution >= 0.6 is 27.3 Å². The van der Waals surface area contributed by atoms with Gasteiger partial charge in [0, 0.05) is 10.5 Å². The molecule has 1 aliphatic rings. The van der Waals surface area contributed by atoms with Gasteiger partial charge in [-0.2, -0.15) is 0 Å². The number of hydrogen-bond acceptors (Lipinski definition) is 3. The first-order valence-corrected chi connectivity index (χ1v) is 9.16. The summed E-state index contributed by atoms with van der Waals surface area (Å²) in [6, 6.07) is 9.02. The van der Waals surface area contributed by atoms with Gasteiger partial charge in [-0.05, 0) is 70.4 Å². The minimum Gasteiger partial charge on any atom is -0.488 e. The molecule has 0 fully saturated rings. The van der Waals surface area contributed by atoms with E-state index in [0.717, 1.165) is 23.2 Å². The largest absolute Gasteiger partial charge is 0.488 e. The summed E-state index contributed by atoms with van der Waals surface area (Å²) in [5.41, 5.74) is 2.81. The van der Waals surface area contributed by atoms with E-state index >= 15 is 0 Å². The van der Waals surface area contributed by atoms with Gasteiger partial charge in [-0.25, -0.2) is 0 Å². The molecule has 1 aromatic carbocycles. The van der Waals surface area contributed by atoms with Crippen LogP contribution in [0, 0.1) is 0 Å². The second kappa shape index (κ2) is 6.95. The highest BCUT2D eigenvalue weighted by molar-refractivity contribution is 9.10. The predicted octanol–water partition coefficient (Wildman–Crippen LogP) is 5.08. The second-order valence-corrected chi connectivity index (χ2v) is 7.20. The smallest absolute Gasteiger partial charge is 0.124 e. The molecule has 21 heavy (non-hydrogen) atoms. The van der Waals surface area contributed by atoms with E-state index in [1.807, 2.05) is 0 Å². The van der Waals surface area contributed by atoms with Gasteiger partial charge >= 0.3 is 0 Å². The van der Waals surface area contributed by atoms with Gasteiger partial charge < -0.3 is 10.1 Å². The quantitative estimate of drug-likeness (QED) is 0.770. The van der Waals surface area contributed by atoms with Crippen LogP contribution in [0.4, 0.5) is 0 Å². The molecular weight excluding hydrogens is 346 g/mol. The summed E-state index contributed by atoms with van der Waals surface area (Å²) in [5.74, 6) is 1.05. The summed E-state index contributed by atoms with van der Waals surface area (Å²) in [6.45, 7) is 3.93. The molecule has 2 aromatic rings. The third kappa shape index (κ3) is 3.33. The highest BCUT2D eigenvalue weighted by Gasteiger charge is 2.24. The third-order valence-electron chi connectivity index (χ3n) is 3.92. The van der Waals surface area contributed by atoms with Crippen molar-refractivity contribution in [2.24, 2.45) is 0 Å². The van der Waals surface area contributed by atoms with Crippen molar-refractivity contribution in [3.63, 3.8) is 0 Å². The van der Waals surface area contributed by atoms with Gasteiger partial charge in [0.25, 0.3) is 0 Å². The molecule has 1 heterocycles. The number of benzene rings is 1. The van der Waals surface area contributed by atoms with Crippen LogP contribution in [0.1, 0.15) is 41.8 Å². The lowest BCUT2D eigenvalue weighted by Gasteiger charge is -2.14. The normalized spacial score (nSPS) is 17.0. The molecule has 1 aromatic heterocycles. The van der Waals surface area contributed by atoms with E-state index in [-0.39, 0.29) is 0 Å². The van der Waals surface area contributed by atoms with Crippen LogP contribution in [0.5, 0.6) is 5.75 Å². The molecule has 3 rings (SSSR count). The number of rotatable bonds is 6. The monoisotopic (exact) mass is 365 g/mol. The number of halogens is 1. The Morgan fingerprint density at radius 1 is 1.38 bits per heavy atom. The van der Waals surface area contributed by atoms with Crippen molar-refractivity contribution < 1.29 is 4.74 Å². The molecule has 0 aliphatic heterocycles. The number of ether oxygens (including phenoxy) is 1. The maximum atomic E-state index is 6.08. The lowest BCUT2D eigenvalue weighted by atomic mass is 10.1. The van der Waals surface area contributed by atoms with Gasteiger partial charge in [0.15, 0.2) is 0 Å². The van der Waals surface area contributed by atoms with Crippen molar-refractivity contribution in [3.8, 4) is 5.75 Å². The zero-order valence-corrected chi connectivity index (χ0v) is 14.6. The van der Waals surface area contributed by atoms with Crippen LogP contribution in [0.2, 0.25) is 0 Å². The molecule has 0 saturated carbocycles.